The molecule has 3 rings (SSSR count). The lowest BCUT2D eigenvalue weighted by atomic mass is 10.0. The predicted molar refractivity (Wildman–Crippen MR) is 79.0 cm³/mol. The molecule has 0 fully saturated rings. The minimum Gasteiger partial charge on any atom is -0.345 e. The molecule has 0 radical (unpaired) electrons. The largest absolute Gasteiger partial charge is 0.345 e. The highest BCUT2D eigenvalue weighted by Crippen LogP contribution is 2.26. The average molecular weight is 286 g/mol. The zero-order valence-electron chi connectivity index (χ0n) is 11.0. The van der Waals surface area contributed by atoms with Crippen LogP contribution in [0.25, 0.3) is 0 Å². The Bertz CT molecular complexity index is 665. The summed E-state index contributed by atoms with van der Waals surface area (Å²) in [6.45, 7) is 1.94. The molecule has 2 heterocycles. The van der Waals surface area contributed by atoms with Crippen LogP contribution in [0, 0.1) is 0 Å². The molecule has 2 N–H and O–H groups in total. The number of hydrogen-bond donors (Lipinski definition) is 2. The van der Waals surface area contributed by atoms with Gasteiger partial charge in [0.05, 0.1) is 17.3 Å². The van der Waals surface area contributed by atoms with E-state index in [9.17, 15) is 9.59 Å². The number of rotatable bonds is 3. The summed E-state index contributed by atoms with van der Waals surface area (Å²) in [4.78, 5) is 24.0. The van der Waals surface area contributed by atoms with E-state index in [-0.39, 0.29) is 17.9 Å². The average Bonchev–Trinajstić information content (AvgIpc) is 3.05. The molecule has 102 valence electrons. The summed E-state index contributed by atoms with van der Waals surface area (Å²) in [6, 6.07) is 9.37. The molecule has 1 aliphatic heterocycles. The molecule has 0 spiro atoms. The van der Waals surface area contributed by atoms with Gasteiger partial charge in [0.1, 0.15) is 0 Å². The third-order valence-corrected chi connectivity index (χ3v) is 4.22. The second kappa shape index (κ2) is 5.09. The molecule has 0 bridgehead atoms. The van der Waals surface area contributed by atoms with Crippen LogP contribution in [0.2, 0.25) is 0 Å². The fourth-order valence-electron chi connectivity index (χ4n) is 2.28. The molecule has 0 aliphatic carbocycles. The van der Waals surface area contributed by atoms with E-state index in [1.54, 1.807) is 6.07 Å². The van der Waals surface area contributed by atoms with Crippen LogP contribution in [0.4, 0.5) is 5.69 Å². The minimum absolute atomic E-state index is 0.0208. The molecule has 4 nitrogen and oxygen atoms in total. The standard InChI is InChI=1S/C15H14N2O2S/c1-9(16-15(19)13-3-2-6-20-13)10-4-5-12-11(7-10)8-14(18)17-12/h2-7,9H,8H2,1H3,(H,16,19)(H,17,18). The first-order valence-corrected chi connectivity index (χ1v) is 7.28. The first kappa shape index (κ1) is 12.9. The second-order valence-electron chi connectivity index (χ2n) is 4.81. The van der Waals surface area contributed by atoms with Crippen molar-refractivity contribution in [3.05, 3.63) is 51.7 Å². The van der Waals surface area contributed by atoms with Crippen LogP contribution in [0.3, 0.4) is 0 Å². The summed E-state index contributed by atoms with van der Waals surface area (Å²) in [5.41, 5.74) is 2.87. The quantitative estimate of drug-likeness (QED) is 0.911. The monoisotopic (exact) mass is 286 g/mol. The van der Waals surface area contributed by atoms with Crippen LogP contribution in [-0.4, -0.2) is 11.8 Å². The SMILES string of the molecule is CC(NC(=O)c1cccs1)c1ccc2c(c1)CC(=O)N2. The van der Waals surface area contributed by atoms with Crippen molar-refractivity contribution in [3.63, 3.8) is 0 Å². The molecular formula is C15H14N2O2S. The summed E-state index contributed by atoms with van der Waals surface area (Å²) in [5.74, 6) is -0.0466. The van der Waals surface area contributed by atoms with Crippen LogP contribution >= 0.6 is 11.3 Å². The molecule has 1 atom stereocenters. The van der Waals surface area contributed by atoms with Gasteiger partial charge in [-0.1, -0.05) is 18.2 Å². The van der Waals surface area contributed by atoms with Gasteiger partial charge in [0.2, 0.25) is 5.91 Å². The maximum absolute atomic E-state index is 12.0. The number of benzene rings is 1. The summed E-state index contributed by atoms with van der Waals surface area (Å²) in [6.07, 6.45) is 0.411. The first-order valence-electron chi connectivity index (χ1n) is 6.40. The molecule has 1 unspecified atom stereocenters. The van der Waals surface area contributed by atoms with Gasteiger partial charge in [0.25, 0.3) is 5.91 Å². The summed E-state index contributed by atoms with van der Waals surface area (Å²) in [7, 11) is 0. The van der Waals surface area contributed by atoms with Gasteiger partial charge in [-0.25, -0.2) is 0 Å². The molecule has 1 aromatic carbocycles. The number of amides is 2. The Morgan fingerprint density at radius 1 is 1.40 bits per heavy atom. The van der Waals surface area contributed by atoms with Gasteiger partial charge < -0.3 is 10.6 Å². The highest BCUT2D eigenvalue weighted by Gasteiger charge is 2.19. The number of nitrogens with one attached hydrogen (secondary N) is 2. The fraction of sp³-hybridized carbons (Fsp3) is 0.200. The lowest BCUT2D eigenvalue weighted by Crippen LogP contribution is -2.25. The Morgan fingerprint density at radius 2 is 2.25 bits per heavy atom. The molecule has 5 heteroatoms. The van der Waals surface area contributed by atoms with Gasteiger partial charge >= 0.3 is 0 Å². The van der Waals surface area contributed by atoms with Gasteiger partial charge in [0, 0.05) is 5.69 Å². The lowest BCUT2D eigenvalue weighted by molar-refractivity contribution is -0.115. The molecule has 0 saturated heterocycles. The minimum atomic E-state index is -0.0920. The highest BCUT2D eigenvalue weighted by atomic mass is 32.1. The van der Waals surface area contributed by atoms with Gasteiger partial charge in [-0.05, 0) is 35.6 Å². The van der Waals surface area contributed by atoms with E-state index in [1.807, 2.05) is 36.6 Å². The van der Waals surface area contributed by atoms with Crippen molar-refractivity contribution < 1.29 is 9.59 Å². The molecule has 1 aromatic heterocycles. The van der Waals surface area contributed by atoms with E-state index in [1.165, 1.54) is 11.3 Å². The number of fused-ring (bicyclic) bond motifs is 1. The number of carbonyl (C=O) groups is 2. The van der Waals surface area contributed by atoms with Crippen molar-refractivity contribution in [2.24, 2.45) is 0 Å². The first-order chi connectivity index (χ1) is 9.63. The number of anilines is 1. The summed E-state index contributed by atoms with van der Waals surface area (Å²) < 4.78 is 0. The van der Waals surface area contributed by atoms with Crippen LogP contribution in [0.5, 0.6) is 0 Å². The maximum Gasteiger partial charge on any atom is 0.261 e. The summed E-state index contributed by atoms with van der Waals surface area (Å²) >= 11 is 1.42. The Labute approximate surface area is 120 Å². The van der Waals surface area contributed by atoms with Crippen LogP contribution in [-0.2, 0) is 11.2 Å². The number of carbonyl (C=O) groups excluding carboxylic acids is 2. The fourth-order valence-corrected chi connectivity index (χ4v) is 2.90. The van der Waals surface area contributed by atoms with E-state index in [0.29, 0.717) is 11.3 Å². The van der Waals surface area contributed by atoms with Crippen molar-refractivity contribution in [1.29, 1.82) is 0 Å². The molecule has 1 aliphatic rings. The zero-order valence-corrected chi connectivity index (χ0v) is 11.8. The zero-order chi connectivity index (χ0) is 14.1. The van der Waals surface area contributed by atoms with Crippen molar-refractivity contribution in [2.45, 2.75) is 19.4 Å². The smallest absolute Gasteiger partial charge is 0.261 e. The third kappa shape index (κ3) is 2.44. The van der Waals surface area contributed by atoms with Crippen LogP contribution < -0.4 is 10.6 Å². The third-order valence-electron chi connectivity index (χ3n) is 3.35. The maximum atomic E-state index is 12.0. The van der Waals surface area contributed by atoms with Gasteiger partial charge in [-0.3, -0.25) is 9.59 Å². The lowest BCUT2D eigenvalue weighted by Gasteiger charge is -2.14. The van der Waals surface area contributed by atoms with Gasteiger partial charge in [-0.15, -0.1) is 11.3 Å². The Morgan fingerprint density at radius 3 is 3.00 bits per heavy atom. The Kier molecular flexibility index (Phi) is 3.28. The van der Waals surface area contributed by atoms with E-state index in [0.717, 1.165) is 16.8 Å². The van der Waals surface area contributed by atoms with Crippen LogP contribution in [0.1, 0.15) is 33.8 Å². The molecule has 2 aromatic rings. The van der Waals surface area contributed by atoms with Crippen LogP contribution in [0.15, 0.2) is 35.7 Å². The van der Waals surface area contributed by atoms with E-state index in [4.69, 9.17) is 0 Å². The summed E-state index contributed by atoms with van der Waals surface area (Å²) in [5, 5.41) is 7.65. The normalized spacial score (nSPS) is 14.6. The number of thiophene rings is 1. The van der Waals surface area contributed by atoms with Gasteiger partial charge in [-0.2, -0.15) is 0 Å². The second-order valence-corrected chi connectivity index (χ2v) is 5.76. The topological polar surface area (TPSA) is 58.2 Å². The van der Waals surface area contributed by atoms with E-state index >= 15 is 0 Å². The molecule has 20 heavy (non-hydrogen) atoms. The van der Waals surface area contributed by atoms with Gasteiger partial charge in [0.15, 0.2) is 0 Å². The van der Waals surface area contributed by atoms with Crippen molar-refractivity contribution >= 4 is 28.8 Å². The Balaban J connectivity index is 1.75. The highest BCUT2D eigenvalue weighted by molar-refractivity contribution is 7.12. The molecule has 2 amide bonds. The van der Waals surface area contributed by atoms with Crippen molar-refractivity contribution in [3.8, 4) is 0 Å². The van der Waals surface area contributed by atoms with Crippen molar-refractivity contribution in [1.82, 2.24) is 5.32 Å². The Hall–Kier alpha value is -2.14. The number of hydrogen-bond acceptors (Lipinski definition) is 3. The van der Waals surface area contributed by atoms with E-state index < -0.39 is 0 Å². The molecular weight excluding hydrogens is 272 g/mol. The predicted octanol–water partition coefficient (Wildman–Crippen LogP) is 2.73. The van der Waals surface area contributed by atoms with E-state index in [2.05, 4.69) is 10.6 Å². The molecule has 0 saturated carbocycles. The van der Waals surface area contributed by atoms with Crippen molar-refractivity contribution in [2.75, 3.05) is 5.32 Å².